The Labute approximate surface area is 305 Å². The van der Waals surface area contributed by atoms with Crippen molar-refractivity contribution in [3.63, 3.8) is 0 Å². The van der Waals surface area contributed by atoms with Gasteiger partial charge in [0.1, 0.15) is 24.6 Å². The zero-order valence-corrected chi connectivity index (χ0v) is 31.3. The van der Waals surface area contributed by atoms with Gasteiger partial charge >= 0.3 is 11.9 Å². The number of anilines is 2. The minimum atomic E-state index is -0.274. The summed E-state index contributed by atoms with van der Waals surface area (Å²) in [4.78, 5) is 28.4. The Balaban J connectivity index is 0.995. The van der Waals surface area contributed by atoms with Crippen LogP contribution in [0.15, 0.2) is 90.8 Å². The maximum atomic E-state index is 12.1. The molecule has 1 aromatic heterocycles. The Kier molecular flexibility index (Phi) is 16.2. The van der Waals surface area contributed by atoms with Crippen LogP contribution in [0.1, 0.15) is 36.0 Å². The van der Waals surface area contributed by atoms with Gasteiger partial charge in [-0.3, -0.25) is 9.59 Å². The van der Waals surface area contributed by atoms with Crippen LogP contribution in [0, 0.1) is 0 Å². The Morgan fingerprint density at radius 2 is 1.16 bits per heavy atom. The molecule has 0 aliphatic carbocycles. The lowest BCUT2D eigenvalue weighted by Crippen LogP contribution is -2.33. The molecular weight excluding hydrogens is 665 g/mol. The van der Waals surface area contributed by atoms with Crippen molar-refractivity contribution in [3.05, 3.63) is 107 Å². The van der Waals surface area contributed by atoms with Gasteiger partial charge in [-0.15, -0.1) is 0 Å². The van der Waals surface area contributed by atoms with E-state index in [0.717, 1.165) is 50.0 Å². The molecule has 2 aromatic carbocycles. The quantitative estimate of drug-likeness (QED) is 0.0593. The smallest absolute Gasteiger partial charge is 0.316 e. The van der Waals surface area contributed by atoms with Crippen LogP contribution in [-0.4, -0.2) is 88.7 Å². The monoisotopic (exact) mass is 714 g/mol. The molecule has 50 heavy (non-hydrogen) atoms. The van der Waals surface area contributed by atoms with Crippen LogP contribution in [0.5, 0.6) is 0 Å². The van der Waals surface area contributed by atoms with Gasteiger partial charge in [-0.25, -0.2) is 9.14 Å². The summed E-state index contributed by atoms with van der Waals surface area (Å²) in [6.45, 7) is 3.30. The van der Waals surface area contributed by atoms with E-state index >= 15 is 0 Å². The van der Waals surface area contributed by atoms with Crippen LogP contribution in [0.3, 0.4) is 0 Å². The summed E-state index contributed by atoms with van der Waals surface area (Å²) < 4.78 is 15.1. The molecule has 0 fully saturated rings. The summed E-state index contributed by atoms with van der Waals surface area (Å²) in [6.07, 6.45) is 19.4. The molecule has 8 nitrogen and oxygen atoms in total. The Morgan fingerprint density at radius 3 is 1.64 bits per heavy atom. The first-order valence-corrected chi connectivity index (χ1v) is 19.5. The summed E-state index contributed by atoms with van der Waals surface area (Å²) in [5, 5.41) is 0. The highest BCUT2D eigenvalue weighted by Crippen LogP contribution is 2.21. The number of pyridine rings is 1. The van der Waals surface area contributed by atoms with Crippen molar-refractivity contribution in [3.8, 4) is 0 Å². The zero-order chi connectivity index (χ0) is 35.6. The number of aryl methyl sites for hydroxylation is 1. The average molecular weight is 715 g/mol. The number of aromatic nitrogens is 1. The standard InChI is InChI=1S/C40H50N4O4S2/c1-41(2)37-15-11-33(12-16-37)7-9-35-19-25-43(26-20-35)23-5-29-47-39(45)31-49-50-32-40(46)48-30-6-24-44-27-21-36(22-28-44)10-8-34-13-17-38(18-14-34)42(3)4/h7-21,25-27H,5-6,22-24,28-32H2,1-4H3/q+2. The maximum absolute atomic E-state index is 12.1. The summed E-state index contributed by atoms with van der Waals surface area (Å²) in [7, 11) is 10.8. The van der Waals surface area contributed by atoms with Crippen molar-refractivity contribution >= 4 is 69.3 Å². The molecule has 1 aliphatic rings. The lowest BCUT2D eigenvalue weighted by Gasteiger charge is -2.12. The number of carbonyl (C=O) groups excluding carboxylic acids is 2. The highest BCUT2D eigenvalue weighted by Gasteiger charge is 2.12. The summed E-state index contributed by atoms with van der Waals surface area (Å²) in [5.74, 6) is -0.137. The summed E-state index contributed by atoms with van der Waals surface area (Å²) in [5.41, 5.74) is 7.14. The van der Waals surface area contributed by atoms with E-state index in [0.29, 0.717) is 13.2 Å². The molecule has 0 saturated carbocycles. The molecule has 4 rings (SSSR count). The minimum absolute atomic E-state index is 0.197. The van der Waals surface area contributed by atoms with Crippen LogP contribution < -0.4 is 14.4 Å². The molecule has 0 amide bonds. The average Bonchev–Trinajstić information content (AvgIpc) is 3.13. The highest BCUT2D eigenvalue weighted by atomic mass is 33.1. The van der Waals surface area contributed by atoms with Gasteiger partial charge in [-0.1, -0.05) is 70.2 Å². The second-order valence-corrected chi connectivity index (χ2v) is 14.8. The van der Waals surface area contributed by atoms with E-state index in [1.807, 2.05) is 40.6 Å². The third-order valence-corrected chi connectivity index (χ3v) is 10.1. The van der Waals surface area contributed by atoms with Crippen LogP contribution in [0.25, 0.3) is 18.2 Å². The van der Waals surface area contributed by atoms with Gasteiger partial charge in [-0.05, 0) is 46.5 Å². The molecule has 0 spiro atoms. The third-order valence-electron chi connectivity index (χ3n) is 7.99. The maximum Gasteiger partial charge on any atom is 0.316 e. The van der Waals surface area contributed by atoms with E-state index in [9.17, 15) is 9.59 Å². The SMILES string of the molecule is CN(C)c1ccc(/C=C/C2=CC=[N+](CCCOC(=O)CSSCC(=O)OCCC[n+]3ccc(/C=C/c4ccc(N(C)C)cc4)cc3)CC2)cc1. The summed E-state index contributed by atoms with van der Waals surface area (Å²) in [6, 6.07) is 21.1. The molecule has 0 atom stereocenters. The number of hydrogen-bond acceptors (Lipinski definition) is 8. The molecule has 10 heteroatoms. The second-order valence-electron chi connectivity index (χ2n) is 12.4. The molecule has 2 heterocycles. The van der Waals surface area contributed by atoms with Crippen molar-refractivity contribution in [2.75, 3.05) is 75.8 Å². The number of rotatable bonds is 19. The van der Waals surface area contributed by atoms with E-state index in [1.54, 1.807) is 0 Å². The number of allylic oxidation sites excluding steroid dienone is 2. The van der Waals surface area contributed by atoms with Gasteiger partial charge in [0, 0.05) is 77.0 Å². The molecule has 3 aromatic rings. The zero-order valence-electron chi connectivity index (χ0n) is 29.7. The first-order chi connectivity index (χ1) is 24.2. The topological polar surface area (TPSA) is 66.0 Å². The van der Waals surface area contributed by atoms with Crippen LogP contribution in [-0.2, 0) is 25.6 Å². The first kappa shape index (κ1) is 38.5. The van der Waals surface area contributed by atoms with Crippen molar-refractivity contribution in [1.82, 2.24) is 0 Å². The fraction of sp³-hybridized carbons (Fsp3) is 0.350. The second kappa shape index (κ2) is 21.1. The number of ether oxygens (including phenoxy) is 2. The van der Waals surface area contributed by atoms with E-state index in [2.05, 4.69) is 116 Å². The Hall–Kier alpha value is -4.28. The number of nitrogens with zero attached hydrogens (tertiary/aromatic N) is 4. The first-order valence-electron chi connectivity index (χ1n) is 17.0. The lowest BCUT2D eigenvalue weighted by molar-refractivity contribution is -0.697. The van der Waals surface area contributed by atoms with E-state index in [4.69, 9.17) is 9.47 Å². The molecular formula is C40H50N4O4S2+2. The number of hydrogen-bond donors (Lipinski definition) is 0. The molecule has 0 saturated heterocycles. The van der Waals surface area contributed by atoms with Gasteiger partial charge < -0.3 is 19.3 Å². The number of carbonyl (C=O) groups is 2. The molecule has 0 unspecified atom stereocenters. The third kappa shape index (κ3) is 14.3. The fourth-order valence-electron chi connectivity index (χ4n) is 5.00. The van der Waals surface area contributed by atoms with E-state index in [1.165, 1.54) is 44.1 Å². The largest absolute Gasteiger partial charge is 0.465 e. The van der Waals surface area contributed by atoms with Gasteiger partial charge in [0.05, 0.1) is 13.2 Å². The van der Waals surface area contributed by atoms with Gasteiger partial charge in [0.2, 0.25) is 0 Å². The van der Waals surface area contributed by atoms with Gasteiger partial charge in [0.25, 0.3) is 0 Å². The predicted molar refractivity (Wildman–Crippen MR) is 211 cm³/mol. The van der Waals surface area contributed by atoms with Crippen molar-refractivity contribution < 1.29 is 28.2 Å². The van der Waals surface area contributed by atoms with Crippen LogP contribution in [0.2, 0.25) is 0 Å². The summed E-state index contributed by atoms with van der Waals surface area (Å²) >= 11 is 0. The molecule has 0 N–H and O–H groups in total. The van der Waals surface area contributed by atoms with E-state index < -0.39 is 0 Å². The molecule has 0 radical (unpaired) electrons. The van der Waals surface area contributed by atoms with E-state index in [-0.39, 0.29) is 23.4 Å². The molecule has 264 valence electrons. The normalized spacial score (nSPS) is 12.9. The van der Waals surface area contributed by atoms with Gasteiger partial charge in [0.15, 0.2) is 25.2 Å². The molecule has 0 bridgehead atoms. The van der Waals surface area contributed by atoms with Gasteiger partial charge in [-0.2, -0.15) is 0 Å². The van der Waals surface area contributed by atoms with Crippen molar-refractivity contribution in [1.29, 1.82) is 0 Å². The minimum Gasteiger partial charge on any atom is -0.465 e. The van der Waals surface area contributed by atoms with Crippen molar-refractivity contribution in [2.24, 2.45) is 0 Å². The highest BCUT2D eigenvalue weighted by molar-refractivity contribution is 8.77. The molecule has 1 aliphatic heterocycles. The Morgan fingerprint density at radius 1 is 0.680 bits per heavy atom. The van der Waals surface area contributed by atoms with Crippen LogP contribution >= 0.6 is 21.6 Å². The number of esters is 2. The number of benzene rings is 2. The lowest BCUT2D eigenvalue weighted by atomic mass is 10.1. The predicted octanol–water partition coefficient (Wildman–Crippen LogP) is 6.65. The van der Waals surface area contributed by atoms with Crippen molar-refractivity contribution in [2.45, 2.75) is 25.8 Å². The van der Waals surface area contributed by atoms with Crippen LogP contribution in [0.4, 0.5) is 11.4 Å². The fourth-order valence-corrected chi connectivity index (χ4v) is 6.60. The Bertz CT molecular complexity index is 1630.